The van der Waals surface area contributed by atoms with Crippen LogP contribution in [0.1, 0.15) is 30.5 Å². The van der Waals surface area contributed by atoms with E-state index in [9.17, 15) is 0 Å². The summed E-state index contributed by atoms with van der Waals surface area (Å²) in [6.07, 6.45) is 5.43. The summed E-state index contributed by atoms with van der Waals surface area (Å²) in [5, 5.41) is 3.44. The maximum atomic E-state index is 5.00. The average molecular weight is 222 g/mol. The van der Waals surface area contributed by atoms with Crippen LogP contribution in [-0.4, -0.2) is 25.2 Å². The van der Waals surface area contributed by atoms with Crippen LogP contribution in [0.2, 0.25) is 0 Å². The van der Waals surface area contributed by atoms with Crippen molar-refractivity contribution in [2.75, 3.05) is 20.3 Å². The molecule has 0 aliphatic carbocycles. The number of nitrogens with zero attached hydrogens (tertiary/aromatic N) is 1. The molecule has 0 aliphatic heterocycles. The Morgan fingerprint density at radius 2 is 2.19 bits per heavy atom. The summed E-state index contributed by atoms with van der Waals surface area (Å²) in [7, 11) is 1.75. The van der Waals surface area contributed by atoms with Gasteiger partial charge >= 0.3 is 0 Å². The Bertz CT molecular complexity index is 289. The van der Waals surface area contributed by atoms with Gasteiger partial charge in [-0.15, -0.1) is 0 Å². The zero-order valence-electron chi connectivity index (χ0n) is 10.3. The van der Waals surface area contributed by atoms with Crippen molar-refractivity contribution in [1.82, 2.24) is 10.3 Å². The molecule has 0 aliphatic rings. The first-order valence-electron chi connectivity index (χ1n) is 5.94. The van der Waals surface area contributed by atoms with E-state index in [4.69, 9.17) is 4.74 Å². The van der Waals surface area contributed by atoms with Crippen molar-refractivity contribution in [2.45, 2.75) is 32.7 Å². The van der Waals surface area contributed by atoms with Crippen molar-refractivity contribution in [3.63, 3.8) is 0 Å². The van der Waals surface area contributed by atoms with Crippen molar-refractivity contribution in [3.8, 4) is 0 Å². The Balaban J connectivity index is 2.05. The summed E-state index contributed by atoms with van der Waals surface area (Å²) < 4.78 is 5.00. The number of aromatic nitrogens is 1. The quantitative estimate of drug-likeness (QED) is 0.685. The molecule has 1 heterocycles. The number of rotatable bonds is 8. The fraction of sp³-hybridized carbons (Fsp3) is 0.615. The SMILES string of the molecule is COCCCCCNCc1cccnc1C. The second kappa shape index (κ2) is 8.25. The summed E-state index contributed by atoms with van der Waals surface area (Å²) in [5.41, 5.74) is 2.41. The molecule has 0 amide bonds. The van der Waals surface area contributed by atoms with Crippen molar-refractivity contribution in [3.05, 3.63) is 29.6 Å². The van der Waals surface area contributed by atoms with Gasteiger partial charge in [-0.2, -0.15) is 0 Å². The Morgan fingerprint density at radius 1 is 1.31 bits per heavy atom. The van der Waals surface area contributed by atoms with E-state index < -0.39 is 0 Å². The number of pyridine rings is 1. The van der Waals surface area contributed by atoms with Gasteiger partial charge < -0.3 is 10.1 Å². The topological polar surface area (TPSA) is 34.1 Å². The Kier molecular flexibility index (Phi) is 6.77. The van der Waals surface area contributed by atoms with Crippen LogP contribution in [0.5, 0.6) is 0 Å². The van der Waals surface area contributed by atoms with E-state index in [0.717, 1.165) is 31.8 Å². The van der Waals surface area contributed by atoms with Crippen molar-refractivity contribution >= 4 is 0 Å². The smallest absolute Gasteiger partial charge is 0.0462 e. The molecule has 0 saturated heterocycles. The molecule has 0 radical (unpaired) electrons. The largest absolute Gasteiger partial charge is 0.385 e. The summed E-state index contributed by atoms with van der Waals surface area (Å²) >= 11 is 0. The Hall–Kier alpha value is -0.930. The molecule has 16 heavy (non-hydrogen) atoms. The third-order valence-corrected chi connectivity index (χ3v) is 2.63. The molecule has 1 N–H and O–H groups in total. The van der Waals surface area contributed by atoms with E-state index in [1.807, 2.05) is 12.3 Å². The zero-order chi connectivity index (χ0) is 11.6. The molecule has 0 bridgehead atoms. The van der Waals surface area contributed by atoms with Gasteiger partial charge in [-0.25, -0.2) is 0 Å². The molecule has 0 aromatic carbocycles. The molecule has 0 spiro atoms. The van der Waals surface area contributed by atoms with Gasteiger partial charge in [-0.3, -0.25) is 4.98 Å². The lowest BCUT2D eigenvalue weighted by Crippen LogP contribution is -2.15. The molecule has 1 aromatic rings. The van der Waals surface area contributed by atoms with E-state index in [1.54, 1.807) is 7.11 Å². The molecule has 0 atom stereocenters. The van der Waals surface area contributed by atoms with Gasteiger partial charge in [0.2, 0.25) is 0 Å². The van der Waals surface area contributed by atoms with Gasteiger partial charge in [0.05, 0.1) is 0 Å². The minimum atomic E-state index is 0.877. The third-order valence-electron chi connectivity index (χ3n) is 2.63. The zero-order valence-corrected chi connectivity index (χ0v) is 10.3. The van der Waals surface area contributed by atoms with E-state index in [-0.39, 0.29) is 0 Å². The molecule has 1 rings (SSSR count). The third kappa shape index (κ3) is 5.24. The number of unbranched alkanes of at least 4 members (excludes halogenated alkanes) is 2. The summed E-state index contributed by atoms with van der Waals surface area (Å²) in [5.74, 6) is 0. The minimum Gasteiger partial charge on any atom is -0.385 e. The number of ether oxygens (including phenoxy) is 1. The van der Waals surface area contributed by atoms with Gasteiger partial charge in [-0.05, 0) is 44.4 Å². The van der Waals surface area contributed by atoms with Crippen LogP contribution in [0.15, 0.2) is 18.3 Å². The van der Waals surface area contributed by atoms with Crippen LogP contribution >= 0.6 is 0 Å². The van der Waals surface area contributed by atoms with E-state index in [2.05, 4.69) is 23.3 Å². The lowest BCUT2D eigenvalue weighted by molar-refractivity contribution is 0.192. The van der Waals surface area contributed by atoms with Crippen LogP contribution in [0.4, 0.5) is 0 Å². The highest BCUT2D eigenvalue weighted by atomic mass is 16.5. The van der Waals surface area contributed by atoms with E-state index in [1.165, 1.54) is 18.4 Å². The number of aryl methyl sites for hydroxylation is 1. The summed E-state index contributed by atoms with van der Waals surface area (Å²) in [6.45, 7) is 4.92. The maximum absolute atomic E-state index is 5.00. The van der Waals surface area contributed by atoms with Crippen LogP contribution in [0, 0.1) is 6.92 Å². The van der Waals surface area contributed by atoms with E-state index >= 15 is 0 Å². The lowest BCUT2D eigenvalue weighted by atomic mass is 10.2. The standard InChI is InChI=1S/C13H22N2O/c1-12-13(7-6-9-15-12)11-14-8-4-3-5-10-16-2/h6-7,9,14H,3-5,8,10-11H2,1-2H3. The normalized spacial score (nSPS) is 10.6. The first kappa shape index (κ1) is 13.1. The second-order valence-corrected chi connectivity index (χ2v) is 3.98. The van der Waals surface area contributed by atoms with E-state index in [0.29, 0.717) is 0 Å². The summed E-state index contributed by atoms with van der Waals surface area (Å²) in [4.78, 5) is 4.26. The average Bonchev–Trinajstić information content (AvgIpc) is 2.30. The first-order chi connectivity index (χ1) is 7.84. The predicted molar refractivity (Wildman–Crippen MR) is 66.4 cm³/mol. The lowest BCUT2D eigenvalue weighted by Gasteiger charge is -2.06. The number of hydrogen-bond donors (Lipinski definition) is 1. The van der Waals surface area contributed by atoms with Gasteiger partial charge in [0.1, 0.15) is 0 Å². The number of hydrogen-bond acceptors (Lipinski definition) is 3. The van der Waals surface area contributed by atoms with Gasteiger partial charge in [0, 0.05) is 32.2 Å². The Labute approximate surface area is 98.2 Å². The molecule has 3 nitrogen and oxygen atoms in total. The van der Waals surface area contributed by atoms with Crippen LogP contribution in [0.3, 0.4) is 0 Å². The maximum Gasteiger partial charge on any atom is 0.0462 e. The van der Waals surface area contributed by atoms with Gasteiger partial charge in [0.25, 0.3) is 0 Å². The van der Waals surface area contributed by atoms with Crippen LogP contribution in [-0.2, 0) is 11.3 Å². The predicted octanol–water partition coefficient (Wildman–Crippen LogP) is 2.30. The summed E-state index contributed by atoms with van der Waals surface area (Å²) in [6, 6.07) is 4.11. The molecule has 90 valence electrons. The molecule has 0 unspecified atom stereocenters. The first-order valence-corrected chi connectivity index (χ1v) is 5.94. The minimum absolute atomic E-state index is 0.877. The van der Waals surface area contributed by atoms with Gasteiger partial charge in [0.15, 0.2) is 0 Å². The highest BCUT2D eigenvalue weighted by molar-refractivity contribution is 5.17. The highest BCUT2D eigenvalue weighted by Gasteiger charge is 1.96. The second-order valence-electron chi connectivity index (χ2n) is 3.98. The fourth-order valence-electron chi connectivity index (χ4n) is 1.60. The molecular formula is C13H22N2O. The molecule has 0 fully saturated rings. The molecule has 3 heteroatoms. The van der Waals surface area contributed by atoms with Gasteiger partial charge in [-0.1, -0.05) is 6.07 Å². The fourth-order valence-corrected chi connectivity index (χ4v) is 1.60. The molecule has 1 aromatic heterocycles. The highest BCUT2D eigenvalue weighted by Crippen LogP contribution is 2.02. The number of nitrogens with one attached hydrogen (secondary N) is 1. The number of methoxy groups -OCH3 is 1. The van der Waals surface area contributed by atoms with Crippen LogP contribution in [0.25, 0.3) is 0 Å². The van der Waals surface area contributed by atoms with Crippen molar-refractivity contribution < 1.29 is 4.74 Å². The Morgan fingerprint density at radius 3 is 2.94 bits per heavy atom. The monoisotopic (exact) mass is 222 g/mol. The van der Waals surface area contributed by atoms with Crippen molar-refractivity contribution in [2.24, 2.45) is 0 Å². The molecular weight excluding hydrogens is 200 g/mol. The van der Waals surface area contributed by atoms with Crippen molar-refractivity contribution in [1.29, 1.82) is 0 Å². The molecule has 0 saturated carbocycles. The van der Waals surface area contributed by atoms with Crippen LogP contribution < -0.4 is 5.32 Å².